The second-order valence-electron chi connectivity index (χ2n) is 19.1. The molecule has 2 aromatic heterocycles. The van der Waals surface area contributed by atoms with Crippen molar-refractivity contribution in [3.8, 4) is 34.5 Å². The van der Waals surface area contributed by atoms with Crippen LogP contribution in [0.15, 0.2) is 109 Å². The fourth-order valence-electron chi connectivity index (χ4n) is 11.5. The average Bonchev–Trinajstić information content (AvgIpc) is 3.96. The van der Waals surface area contributed by atoms with Crippen molar-refractivity contribution < 1.29 is 44.9 Å². The van der Waals surface area contributed by atoms with E-state index >= 15 is 4.79 Å². The van der Waals surface area contributed by atoms with Gasteiger partial charge in [-0.1, -0.05) is 49.4 Å². The highest BCUT2D eigenvalue weighted by Gasteiger charge is 2.57. The Morgan fingerprint density at radius 3 is 2.63 bits per heavy atom. The van der Waals surface area contributed by atoms with E-state index in [0.29, 0.717) is 68.2 Å². The lowest BCUT2D eigenvalue weighted by molar-refractivity contribution is -0.132. The molecule has 2 bridgehead atoms. The van der Waals surface area contributed by atoms with E-state index in [4.69, 9.17) is 14.5 Å². The maximum Gasteiger partial charge on any atom is 0.200 e. The number of pyridine rings is 1. The van der Waals surface area contributed by atoms with Crippen molar-refractivity contribution >= 4 is 28.1 Å². The van der Waals surface area contributed by atoms with Crippen LogP contribution >= 0.6 is 0 Å². The predicted molar refractivity (Wildman–Crippen MR) is 256 cm³/mol. The van der Waals surface area contributed by atoms with Gasteiger partial charge in [0, 0.05) is 29.6 Å². The van der Waals surface area contributed by atoms with Crippen LogP contribution in [0.3, 0.4) is 0 Å². The molecular formula is C55H60N3O9-. The molecule has 67 heavy (non-hydrogen) atoms. The molecule has 12 heteroatoms. The van der Waals surface area contributed by atoms with Gasteiger partial charge < -0.3 is 50.4 Å². The zero-order valence-electron chi connectivity index (χ0n) is 38.0. The van der Waals surface area contributed by atoms with Crippen LogP contribution in [0.5, 0.6) is 34.5 Å². The Bertz CT molecular complexity index is 2750. The van der Waals surface area contributed by atoms with Crippen molar-refractivity contribution in [3.05, 3.63) is 137 Å². The molecule has 1 aliphatic heterocycles. The van der Waals surface area contributed by atoms with Gasteiger partial charge in [-0.2, -0.15) is 11.9 Å². The molecule has 1 saturated carbocycles. The van der Waals surface area contributed by atoms with Crippen molar-refractivity contribution in [2.24, 2.45) is 23.7 Å². The van der Waals surface area contributed by atoms with Crippen LogP contribution < -0.4 is 19.8 Å². The third-order valence-corrected chi connectivity index (χ3v) is 14.8. The summed E-state index contributed by atoms with van der Waals surface area (Å²) in [5, 5.41) is 73.7. The number of anilines is 2. The third kappa shape index (κ3) is 9.42. The van der Waals surface area contributed by atoms with E-state index in [1.807, 2.05) is 42.5 Å². The highest BCUT2D eigenvalue weighted by atomic mass is 16.5. The maximum absolute atomic E-state index is 16.0. The Morgan fingerprint density at radius 1 is 0.955 bits per heavy atom. The van der Waals surface area contributed by atoms with E-state index in [9.17, 15) is 30.6 Å². The van der Waals surface area contributed by atoms with Gasteiger partial charge in [0.15, 0.2) is 23.0 Å². The van der Waals surface area contributed by atoms with Crippen molar-refractivity contribution in [2.75, 3.05) is 19.0 Å². The monoisotopic (exact) mass is 906 g/mol. The minimum atomic E-state index is -1.20. The minimum Gasteiger partial charge on any atom is -0.668 e. The van der Waals surface area contributed by atoms with Crippen LogP contribution in [0.4, 0.5) is 11.5 Å². The summed E-state index contributed by atoms with van der Waals surface area (Å²) < 4.78 is 11.7. The van der Waals surface area contributed by atoms with Gasteiger partial charge in [0.1, 0.15) is 17.4 Å². The molecule has 3 heterocycles. The second kappa shape index (κ2) is 19.4. The summed E-state index contributed by atoms with van der Waals surface area (Å²) in [6.07, 6.45) is 10.1. The van der Waals surface area contributed by atoms with Gasteiger partial charge in [-0.05, 0) is 163 Å². The van der Waals surface area contributed by atoms with Crippen LogP contribution in [-0.4, -0.2) is 67.3 Å². The van der Waals surface area contributed by atoms with E-state index in [-0.39, 0.29) is 53.3 Å². The number of nitrogens with one attached hydrogen (secondary N) is 1. The van der Waals surface area contributed by atoms with Crippen LogP contribution in [0.1, 0.15) is 85.7 Å². The summed E-state index contributed by atoms with van der Waals surface area (Å²) in [4.78, 5) is 25.4. The van der Waals surface area contributed by atoms with E-state index < -0.39 is 35.4 Å². The van der Waals surface area contributed by atoms with Gasteiger partial charge in [0.05, 0.1) is 31.8 Å². The summed E-state index contributed by atoms with van der Waals surface area (Å²) in [5.41, 5.74) is 3.56. The second-order valence-corrected chi connectivity index (χ2v) is 19.1. The smallest absolute Gasteiger partial charge is 0.200 e. The number of hydrogen-bond acceptors (Lipinski definition) is 11. The lowest BCUT2D eigenvalue weighted by atomic mass is 9.58. The van der Waals surface area contributed by atoms with Crippen molar-refractivity contribution in [1.82, 2.24) is 9.97 Å². The van der Waals surface area contributed by atoms with E-state index in [0.717, 1.165) is 51.7 Å². The molecule has 350 valence electrons. The molecule has 0 amide bonds. The standard InChI is InChI=1S/C55H60N3O9/c1-32-5-3-6-34(23-32)31-67-51-28-37(27-49(64)54(51)65)35-10-13-42-41-14-12-40(59)25-36(41)11-15-44(42)58-52-29-38(19-22-57-52)55(20-18-45(60)43(55)30-39-7-4-21-56-39)53(48(63)26-35)47(62)17-9-33-8-16-46(61)50(24-33)66-2/h3-4,6-8,11-12,14-16,19,21-22,24-25,27-29,32,34-35,43,45,47,53,59-62,64-65H,5,9-10,13,17-18,20,23,26,30-31H2,1-2H3,(H,57,58)/q-1. The fourth-order valence-corrected chi connectivity index (χ4v) is 11.5. The molecule has 2 aliphatic carbocycles. The summed E-state index contributed by atoms with van der Waals surface area (Å²) in [6.45, 7) is 2.50. The number of rotatable bonds is 11. The minimum absolute atomic E-state index is 0.00393. The number of allylic oxidation sites excluding steroid dienone is 1. The van der Waals surface area contributed by atoms with Gasteiger partial charge in [-0.25, -0.2) is 4.98 Å². The number of aromatic hydroxyl groups is 4. The lowest BCUT2D eigenvalue weighted by Gasteiger charge is -2.46. The van der Waals surface area contributed by atoms with Crippen molar-refractivity contribution in [2.45, 2.75) is 94.7 Å². The number of fused-ring (bicyclic) bond motifs is 6. The molecule has 1 spiro atoms. The van der Waals surface area contributed by atoms with Crippen LogP contribution in [0.25, 0.3) is 10.8 Å². The molecule has 7 N–H and O–H groups in total. The number of methoxy groups -OCH3 is 1. The average molecular weight is 907 g/mol. The number of aromatic nitrogens is 2. The Morgan fingerprint density at radius 2 is 1.82 bits per heavy atom. The molecule has 4 aromatic carbocycles. The van der Waals surface area contributed by atoms with Crippen molar-refractivity contribution in [1.29, 1.82) is 0 Å². The molecular weight excluding hydrogens is 847 g/mol. The molecule has 0 radical (unpaired) electrons. The number of aliphatic hydroxyl groups is 2. The quantitative estimate of drug-likeness (QED) is 0.0482. The zero-order valence-corrected chi connectivity index (χ0v) is 38.0. The number of phenolic OH excluding ortho intramolecular Hbond substituents is 4. The summed E-state index contributed by atoms with van der Waals surface area (Å²) in [5.74, 6) is -1.34. The maximum atomic E-state index is 16.0. The topological polar surface area (TPSA) is 196 Å². The SMILES string of the molecule is COc1cc(CCC(O)C2C(=O)CC(c3cc(O)c(O)c(OCC4C=CCC(C)C4)c3)CCc3c(ccc4cc(O)ccc34)Nc3cc(ccn3)C23CCC(O)C3Cc2ccc[n-]2)ccc1O. The van der Waals surface area contributed by atoms with Gasteiger partial charge in [-0.3, -0.25) is 4.79 Å². The molecule has 8 atom stereocenters. The van der Waals surface area contributed by atoms with E-state index in [1.54, 1.807) is 48.8 Å². The number of aliphatic hydroxyl groups excluding tert-OH is 2. The van der Waals surface area contributed by atoms with Crippen LogP contribution in [0, 0.1) is 23.7 Å². The van der Waals surface area contributed by atoms with Crippen LogP contribution in [0.2, 0.25) is 0 Å². The first-order valence-electron chi connectivity index (χ1n) is 23.5. The Balaban J connectivity index is 1.19. The summed E-state index contributed by atoms with van der Waals surface area (Å²) >= 11 is 0. The van der Waals surface area contributed by atoms with Gasteiger partial charge >= 0.3 is 0 Å². The van der Waals surface area contributed by atoms with Gasteiger partial charge in [0.25, 0.3) is 0 Å². The molecule has 3 aliphatic rings. The Hall–Kier alpha value is -6.50. The molecule has 1 fully saturated rings. The summed E-state index contributed by atoms with van der Waals surface area (Å²) in [7, 11) is 1.48. The van der Waals surface area contributed by atoms with Crippen LogP contribution in [-0.2, 0) is 29.5 Å². The predicted octanol–water partition coefficient (Wildman–Crippen LogP) is 9.30. The summed E-state index contributed by atoms with van der Waals surface area (Å²) in [6, 6.07) is 25.1. The molecule has 0 saturated heterocycles. The Labute approximate surface area is 391 Å². The number of Topliss-reactive ketones (excluding diaryl/α,β-unsaturated/α-hetero) is 1. The first kappa shape index (κ1) is 45.6. The highest BCUT2D eigenvalue weighted by molar-refractivity contribution is 5.92. The normalized spacial score (nSPS) is 24.6. The van der Waals surface area contributed by atoms with E-state index in [1.165, 1.54) is 13.2 Å². The molecule has 8 unspecified atom stereocenters. The molecule has 12 nitrogen and oxygen atoms in total. The lowest BCUT2D eigenvalue weighted by Crippen LogP contribution is -2.51. The third-order valence-electron chi connectivity index (χ3n) is 14.8. The number of nitrogens with zero attached hydrogens (tertiary/aromatic N) is 2. The number of benzene rings is 4. The number of ether oxygens (including phenoxy) is 2. The highest BCUT2D eigenvalue weighted by Crippen LogP contribution is 2.55. The number of hydrogen-bond donors (Lipinski definition) is 7. The van der Waals surface area contributed by atoms with Crippen molar-refractivity contribution in [3.63, 3.8) is 0 Å². The van der Waals surface area contributed by atoms with Gasteiger partial charge in [0.2, 0.25) is 5.75 Å². The largest absolute Gasteiger partial charge is 0.668 e. The Kier molecular flexibility index (Phi) is 13.2. The number of ketones is 1. The van der Waals surface area contributed by atoms with E-state index in [2.05, 4.69) is 29.4 Å². The number of carbonyl (C=O) groups excluding carboxylic acids is 1. The first-order chi connectivity index (χ1) is 32.4. The number of carbonyl (C=O) groups is 1. The zero-order chi connectivity index (χ0) is 46.8. The molecule has 6 aromatic rings. The fraction of sp³-hybridized carbons (Fsp3) is 0.382. The number of phenols is 4. The van der Waals surface area contributed by atoms with Gasteiger partial charge in [-0.15, -0.1) is 0 Å². The first-order valence-corrected chi connectivity index (χ1v) is 23.5. The number of aryl methyl sites for hydroxylation is 2. The molecule has 9 rings (SSSR count).